The van der Waals surface area contributed by atoms with Crippen LogP contribution in [0.25, 0.3) is 11.6 Å². The molecule has 0 unspecified atom stereocenters. The van der Waals surface area contributed by atoms with Crippen LogP contribution < -0.4 is 0 Å². The van der Waals surface area contributed by atoms with E-state index in [-0.39, 0.29) is 5.75 Å². The molecule has 19 heavy (non-hydrogen) atoms. The van der Waals surface area contributed by atoms with Gasteiger partial charge in [0.2, 0.25) is 5.82 Å². The summed E-state index contributed by atoms with van der Waals surface area (Å²) in [6.07, 6.45) is 2.13. The normalized spacial score (nSPS) is 14.8. The van der Waals surface area contributed by atoms with Gasteiger partial charge >= 0.3 is 5.97 Å². The molecule has 100 valence electrons. The van der Waals surface area contributed by atoms with E-state index >= 15 is 0 Å². The van der Waals surface area contributed by atoms with Gasteiger partial charge in [0.25, 0.3) is 0 Å². The van der Waals surface area contributed by atoms with Crippen LogP contribution in [-0.2, 0) is 4.79 Å². The van der Waals surface area contributed by atoms with Crippen molar-refractivity contribution in [3.05, 3.63) is 16.8 Å². The second-order valence-electron chi connectivity index (χ2n) is 4.19. The lowest BCUT2D eigenvalue weighted by atomic mass is 10.4. The zero-order chi connectivity index (χ0) is 13.4. The lowest BCUT2D eigenvalue weighted by Crippen LogP contribution is -2.03. The number of hydrogen-bond donors (Lipinski definition) is 1. The Kier molecular flexibility index (Phi) is 3.36. The van der Waals surface area contributed by atoms with Crippen LogP contribution in [0.2, 0.25) is 0 Å². The number of nitrogens with zero attached hydrogens (tertiary/aromatic N) is 3. The first-order valence-corrected chi connectivity index (χ1v) is 7.48. The van der Waals surface area contributed by atoms with Crippen molar-refractivity contribution in [3.8, 4) is 11.6 Å². The van der Waals surface area contributed by atoms with E-state index in [0.717, 1.165) is 12.8 Å². The average molecular weight is 344 g/mol. The Morgan fingerprint density at radius 3 is 2.89 bits per heavy atom. The Balaban J connectivity index is 1.94. The maximum absolute atomic E-state index is 10.6. The van der Waals surface area contributed by atoms with Crippen molar-refractivity contribution in [2.24, 2.45) is 0 Å². The Labute approximate surface area is 121 Å². The first kappa shape index (κ1) is 12.7. The molecule has 2 aromatic heterocycles. The smallest absolute Gasteiger partial charge is 0.313 e. The van der Waals surface area contributed by atoms with Gasteiger partial charge in [-0.15, -0.1) is 10.2 Å². The van der Waals surface area contributed by atoms with Crippen LogP contribution in [0.15, 0.2) is 26.4 Å². The lowest BCUT2D eigenvalue weighted by molar-refractivity contribution is -0.133. The van der Waals surface area contributed by atoms with E-state index in [4.69, 9.17) is 9.52 Å². The summed E-state index contributed by atoms with van der Waals surface area (Å²) in [5, 5.41) is 17.6. The maximum Gasteiger partial charge on any atom is 0.313 e. The molecule has 0 aromatic carbocycles. The van der Waals surface area contributed by atoms with E-state index in [0.29, 0.717) is 27.5 Å². The molecule has 8 heteroatoms. The minimum Gasteiger partial charge on any atom is -0.481 e. The third-order valence-corrected chi connectivity index (χ3v) is 4.05. The Hall–Kier alpha value is -1.28. The van der Waals surface area contributed by atoms with Gasteiger partial charge in [-0.2, -0.15) is 0 Å². The minimum absolute atomic E-state index is 0.0211. The first-order chi connectivity index (χ1) is 9.15. The standard InChI is InChI=1S/C11H10BrN3O3S/c12-8-4-3-7(18-8)10-13-14-11(19-5-9(16)17)15(10)6-1-2-6/h3-4,6H,1-2,5H2,(H,16,17). The molecular weight excluding hydrogens is 334 g/mol. The number of carbonyl (C=O) groups is 1. The third-order valence-electron chi connectivity index (χ3n) is 2.69. The fourth-order valence-electron chi connectivity index (χ4n) is 1.77. The maximum atomic E-state index is 10.6. The van der Waals surface area contributed by atoms with Gasteiger partial charge in [0.1, 0.15) is 0 Å². The van der Waals surface area contributed by atoms with Crippen LogP contribution in [0.3, 0.4) is 0 Å². The zero-order valence-electron chi connectivity index (χ0n) is 9.74. The summed E-state index contributed by atoms with van der Waals surface area (Å²) in [5.74, 6) is 0.402. The van der Waals surface area contributed by atoms with Gasteiger partial charge in [0.05, 0.1) is 5.75 Å². The third kappa shape index (κ3) is 2.69. The molecule has 1 N–H and O–H groups in total. The molecule has 1 fully saturated rings. The van der Waals surface area contributed by atoms with E-state index < -0.39 is 5.97 Å². The van der Waals surface area contributed by atoms with Crippen LogP contribution in [0.5, 0.6) is 0 Å². The van der Waals surface area contributed by atoms with E-state index in [1.54, 1.807) is 6.07 Å². The van der Waals surface area contributed by atoms with Crippen LogP contribution >= 0.6 is 27.7 Å². The number of furan rings is 1. The van der Waals surface area contributed by atoms with Gasteiger partial charge < -0.3 is 9.52 Å². The van der Waals surface area contributed by atoms with Crippen LogP contribution in [-0.4, -0.2) is 31.6 Å². The highest BCUT2D eigenvalue weighted by Gasteiger charge is 2.31. The predicted octanol–water partition coefficient (Wildman–Crippen LogP) is 2.81. The van der Waals surface area contributed by atoms with E-state index in [2.05, 4.69) is 26.1 Å². The summed E-state index contributed by atoms with van der Waals surface area (Å²) in [6.45, 7) is 0. The van der Waals surface area contributed by atoms with Crippen molar-refractivity contribution in [1.82, 2.24) is 14.8 Å². The molecule has 1 aliphatic rings. The average Bonchev–Trinajstić information content (AvgIpc) is 2.97. The number of aliphatic carboxylic acids is 1. The van der Waals surface area contributed by atoms with Gasteiger partial charge in [-0.3, -0.25) is 9.36 Å². The minimum atomic E-state index is -0.863. The monoisotopic (exact) mass is 343 g/mol. The highest BCUT2D eigenvalue weighted by atomic mass is 79.9. The number of aromatic nitrogens is 3. The van der Waals surface area contributed by atoms with E-state index in [1.165, 1.54) is 11.8 Å². The van der Waals surface area contributed by atoms with Crippen molar-refractivity contribution >= 4 is 33.7 Å². The number of halogens is 1. The molecule has 6 nitrogen and oxygen atoms in total. The zero-order valence-corrected chi connectivity index (χ0v) is 12.1. The predicted molar refractivity (Wildman–Crippen MR) is 72.1 cm³/mol. The molecule has 0 atom stereocenters. The summed E-state index contributed by atoms with van der Waals surface area (Å²) in [6, 6.07) is 3.97. The topological polar surface area (TPSA) is 81.2 Å². The van der Waals surface area contributed by atoms with Crippen LogP contribution in [0.4, 0.5) is 0 Å². The quantitative estimate of drug-likeness (QED) is 0.840. The summed E-state index contributed by atoms with van der Waals surface area (Å²) in [5.41, 5.74) is 0. The van der Waals surface area contributed by atoms with Gasteiger partial charge in [0.15, 0.2) is 15.6 Å². The molecule has 0 spiro atoms. The molecule has 3 rings (SSSR count). The summed E-state index contributed by atoms with van der Waals surface area (Å²) in [4.78, 5) is 10.6. The van der Waals surface area contributed by atoms with Gasteiger partial charge in [-0.05, 0) is 40.9 Å². The van der Waals surface area contributed by atoms with Gasteiger partial charge in [0, 0.05) is 6.04 Å². The summed E-state index contributed by atoms with van der Waals surface area (Å²) in [7, 11) is 0. The SMILES string of the molecule is O=C(O)CSc1nnc(-c2ccc(Br)o2)n1C1CC1. The molecule has 0 saturated heterocycles. The van der Waals surface area contributed by atoms with Crippen molar-refractivity contribution in [2.75, 3.05) is 5.75 Å². The fourth-order valence-corrected chi connectivity index (χ4v) is 2.80. The number of rotatable bonds is 5. The lowest BCUT2D eigenvalue weighted by Gasteiger charge is -2.05. The second-order valence-corrected chi connectivity index (χ2v) is 5.92. The molecule has 2 heterocycles. The van der Waals surface area contributed by atoms with Crippen LogP contribution in [0.1, 0.15) is 18.9 Å². The van der Waals surface area contributed by atoms with Crippen LogP contribution in [0, 0.1) is 0 Å². The second kappa shape index (κ2) is 5.01. The molecule has 1 aliphatic carbocycles. The van der Waals surface area contributed by atoms with Crippen molar-refractivity contribution in [2.45, 2.75) is 24.0 Å². The van der Waals surface area contributed by atoms with E-state index in [1.807, 2.05) is 10.6 Å². The molecule has 0 amide bonds. The molecule has 0 radical (unpaired) electrons. The number of thioether (sulfide) groups is 1. The van der Waals surface area contributed by atoms with Gasteiger partial charge in [-0.25, -0.2) is 0 Å². The number of carboxylic acid groups (broad SMARTS) is 1. The van der Waals surface area contributed by atoms with Crippen molar-refractivity contribution in [1.29, 1.82) is 0 Å². The highest BCUT2D eigenvalue weighted by Crippen LogP contribution is 2.41. The Morgan fingerprint density at radius 1 is 1.53 bits per heavy atom. The first-order valence-electron chi connectivity index (χ1n) is 5.70. The molecule has 1 saturated carbocycles. The van der Waals surface area contributed by atoms with E-state index in [9.17, 15) is 4.79 Å². The largest absolute Gasteiger partial charge is 0.481 e. The van der Waals surface area contributed by atoms with Gasteiger partial charge in [-0.1, -0.05) is 11.8 Å². The molecular formula is C11H10BrN3O3S. The van der Waals surface area contributed by atoms with Crippen molar-refractivity contribution in [3.63, 3.8) is 0 Å². The molecule has 0 bridgehead atoms. The summed E-state index contributed by atoms with van der Waals surface area (Å²) < 4.78 is 8.10. The fraction of sp³-hybridized carbons (Fsp3) is 0.364. The Morgan fingerprint density at radius 2 is 2.32 bits per heavy atom. The molecule has 2 aromatic rings. The van der Waals surface area contributed by atoms with Crippen molar-refractivity contribution < 1.29 is 14.3 Å². The summed E-state index contributed by atoms with van der Waals surface area (Å²) >= 11 is 4.44. The Bertz CT molecular complexity index is 620. The number of carboxylic acids is 1. The highest BCUT2D eigenvalue weighted by molar-refractivity contribution is 9.10. The molecule has 0 aliphatic heterocycles. The number of hydrogen-bond acceptors (Lipinski definition) is 5.